The zero-order valence-corrected chi connectivity index (χ0v) is 8.14. The summed E-state index contributed by atoms with van der Waals surface area (Å²) in [4.78, 5) is 10.3. The largest absolute Gasteiger partial charge is 0.344 e. The molecule has 1 aromatic heterocycles. The quantitative estimate of drug-likeness (QED) is 0.739. The van der Waals surface area contributed by atoms with E-state index in [0.29, 0.717) is 0 Å². The first kappa shape index (κ1) is 9.92. The third-order valence-electron chi connectivity index (χ3n) is 1.81. The Bertz CT molecular complexity index is 235. The molecule has 1 rings (SSSR count). The maximum absolute atomic E-state index is 5.65. The fraction of sp³-hybridized carbons (Fsp3) is 0.556. The number of anilines is 1. The van der Waals surface area contributed by atoms with Crippen LogP contribution in [-0.4, -0.2) is 29.6 Å². The Morgan fingerprint density at radius 3 is 2.62 bits per heavy atom. The van der Waals surface area contributed by atoms with E-state index in [4.69, 9.17) is 5.73 Å². The van der Waals surface area contributed by atoms with Crippen molar-refractivity contribution in [3.05, 3.63) is 18.5 Å². The second-order valence-electron chi connectivity index (χ2n) is 3.24. The highest BCUT2D eigenvalue weighted by atomic mass is 15.2. The van der Waals surface area contributed by atoms with E-state index < -0.39 is 0 Å². The van der Waals surface area contributed by atoms with Gasteiger partial charge in [-0.15, -0.1) is 0 Å². The van der Waals surface area contributed by atoms with Crippen LogP contribution in [0.2, 0.25) is 0 Å². The predicted octanol–water partition coefficient (Wildman–Crippen LogP) is 0.650. The minimum absolute atomic E-state index is 0.228. The molecule has 1 unspecified atom stereocenters. The second kappa shape index (κ2) is 4.77. The normalized spacial score (nSPS) is 12.5. The topological polar surface area (TPSA) is 55.0 Å². The fourth-order valence-electron chi connectivity index (χ4n) is 0.986. The second-order valence-corrected chi connectivity index (χ2v) is 3.24. The summed E-state index contributed by atoms with van der Waals surface area (Å²) in [6, 6.07) is 2.04. The Hall–Kier alpha value is -1.16. The van der Waals surface area contributed by atoms with Gasteiger partial charge in [-0.3, -0.25) is 0 Å². The molecule has 0 aromatic carbocycles. The van der Waals surface area contributed by atoms with E-state index in [9.17, 15) is 0 Å². The van der Waals surface area contributed by atoms with Crippen molar-refractivity contribution in [1.82, 2.24) is 9.97 Å². The van der Waals surface area contributed by atoms with E-state index in [1.807, 2.05) is 24.9 Å². The molecule has 0 aliphatic heterocycles. The van der Waals surface area contributed by atoms with Crippen molar-refractivity contribution in [2.24, 2.45) is 5.73 Å². The van der Waals surface area contributed by atoms with Gasteiger partial charge in [0.15, 0.2) is 0 Å². The molecule has 0 aliphatic carbocycles. The van der Waals surface area contributed by atoms with Crippen molar-refractivity contribution in [2.45, 2.75) is 19.4 Å². The van der Waals surface area contributed by atoms with Gasteiger partial charge >= 0.3 is 0 Å². The summed E-state index contributed by atoms with van der Waals surface area (Å²) in [5.74, 6) is 0.753. The number of nitrogens with zero attached hydrogens (tertiary/aromatic N) is 3. The molecule has 13 heavy (non-hydrogen) atoms. The van der Waals surface area contributed by atoms with Gasteiger partial charge in [-0.25, -0.2) is 9.97 Å². The minimum Gasteiger partial charge on any atom is -0.344 e. The zero-order valence-electron chi connectivity index (χ0n) is 8.14. The molecule has 0 spiro atoms. The number of hydrogen-bond donors (Lipinski definition) is 1. The third-order valence-corrected chi connectivity index (χ3v) is 1.81. The Kier molecular flexibility index (Phi) is 3.64. The average Bonchev–Trinajstić information content (AvgIpc) is 2.15. The molecule has 0 aliphatic rings. The van der Waals surface area contributed by atoms with Gasteiger partial charge in [0.25, 0.3) is 0 Å². The average molecular weight is 180 g/mol. The van der Waals surface area contributed by atoms with Crippen molar-refractivity contribution in [1.29, 1.82) is 0 Å². The molecular formula is C9H16N4. The van der Waals surface area contributed by atoms with Crippen LogP contribution in [0.5, 0.6) is 0 Å². The fourth-order valence-corrected chi connectivity index (χ4v) is 0.986. The molecule has 0 radical (unpaired) electrons. The summed E-state index contributed by atoms with van der Waals surface area (Å²) in [7, 11) is 1.97. The summed E-state index contributed by atoms with van der Waals surface area (Å²) in [6.07, 6.45) is 4.43. The van der Waals surface area contributed by atoms with Crippen molar-refractivity contribution >= 4 is 5.95 Å². The summed E-state index contributed by atoms with van der Waals surface area (Å²) in [5.41, 5.74) is 5.65. The highest BCUT2D eigenvalue weighted by Crippen LogP contribution is 2.02. The Morgan fingerprint density at radius 1 is 1.46 bits per heavy atom. The lowest BCUT2D eigenvalue weighted by molar-refractivity contribution is 0.653. The molecule has 72 valence electrons. The molecule has 0 fully saturated rings. The number of nitrogens with two attached hydrogens (primary N) is 1. The molecule has 2 N–H and O–H groups in total. The number of aromatic nitrogens is 2. The molecule has 0 saturated heterocycles. The van der Waals surface area contributed by atoms with Gasteiger partial charge in [-0.1, -0.05) is 0 Å². The lowest BCUT2D eigenvalue weighted by atomic mass is 10.2. The number of rotatable bonds is 4. The van der Waals surface area contributed by atoms with Crippen LogP contribution in [0, 0.1) is 0 Å². The Balaban J connectivity index is 2.44. The van der Waals surface area contributed by atoms with Crippen molar-refractivity contribution in [3.8, 4) is 0 Å². The molecule has 0 saturated carbocycles. The summed E-state index contributed by atoms with van der Waals surface area (Å²) >= 11 is 0. The van der Waals surface area contributed by atoms with Crippen LogP contribution >= 0.6 is 0 Å². The van der Waals surface area contributed by atoms with E-state index in [1.165, 1.54) is 0 Å². The summed E-state index contributed by atoms with van der Waals surface area (Å²) < 4.78 is 0. The van der Waals surface area contributed by atoms with Crippen molar-refractivity contribution in [2.75, 3.05) is 18.5 Å². The predicted molar refractivity (Wildman–Crippen MR) is 53.6 cm³/mol. The highest BCUT2D eigenvalue weighted by molar-refractivity contribution is 5.25. The van der Waals surface area contributed by atoms with E-state index in [0.717, 1.165) is 18.9 Å². The zero-order chi connectivity index (χ0) is 9.68. The van der Waals surface area contributed by atoms with Gasteiger partial charge in [0, 0.05) is 32.0 Å². The molecule has 1 atom stereocenters. The van der Waals surface area contributed by atoms with Crippen LogP contribution in [0.3, 0.4) is 0 Å². The lowest BCUT2D eigenvalue weighted by Gasteiger charge is -2.17. The van der Waals surface area contributed by atoms with E-state index in [2.05, 4.69) is 9.97 Å². The smallest absolute Gasteiger partial charge is 0.224 e. The molecule has 1 heterocycles. The van der Waals surface area contributed by atoms with Gasteiger partial charge in [-0.2, -0.15) is 0 Å². The van der Waals surface area contributed by atoms with Crippen molar-refractivity contribution < 1.29 is 0 Å². The van der Waals surface area contributed by atoms with E-state index >= 15 is 0 Å². The van der Waals surface area contributed by atoms with Gasteiger partial charge in [0.1, 0.15) is 0 Å². The van der Waals surface area contributed by atoms with Crippen molar-refractivity contribution in [3.63, 3.8) is 0 Å². The van der Waals surface area contributed by atoms with Crippen LogP contribution in [0.15, 0.2) is 18.5 Å². The molecule has 0 bridgehead atoms. The highest BCUT2D eigenvalue weighted by Gasteiger charge is 2.03. The van der Waals surface area contributed by atoms with Crippen LogP contribution < -0.4 is 10.6 Å². The van der Waals surface area contributed by atoms with E-state index in [1.54, 1.807) is 12.4 Å². The molecule has 0 amide bonds. The first-order valence-corrected chi connectivity index (χ1v) is 4.44. The van der Waals surface area contributed by atoms with Crippen LogP contribution in [0.1, 0.15) is 13.3 Å². The van der Waals surface area contributed by atoms with Gasteiger partial charge in [0.05, 0.1) is 0 Å². The minimum atomic E-state index is 0.228. The van der Waals surface area contributed by atoms with Crippen LogP contribution in [0.4, 0.5) is 5.95 Å². The summed E-state index contributed by atoms with van der Waals surface area (Å²) in [6.45, 7) is 2.89. The Morgan fingerprint density at radius 2 is 2.08 bits per heavy atom. The number of hydrogen-bond acceptors (Lipinski definition) is 4. The first-order chi connectivity index (χ1) is 6.20. The lowest BCUT2D eigenvalue weighted by Crippen LogP contribution is -2.26. The maximum Gasteiger partial charge on any atom is 0.224 e. The van der Waals surface area contributed by atoms with Gasteiger partial charge in [0.2, 0.25) is 5.95 Å². The van der Waals surface area contributed by atoms with E-state index in [-0.39, 0.29) is 6.04 Å². The third kappa shape index (κ3) is 3.38. The monoisotopic (exact) mass is 180 g/mol. The first-order valence-electron chi connectivity index (χ1n) is 4.44. The molecule has 1 aromatic rings. The molecular weight excluding hydrogens is 164 g/mol. The summed E-state index contributed by atoms with van der Waals surface area (Å²) in [5, 5.41) is 0. The maximum atomic E-state index is 5.65. The van der Waals surface area contributed by atoms with Crippen LogP contribution in [-0.2, 0) is 0 Å². The molecule has 4 nitrogen and oxygen atoms in total. The Labute approximate surface area is 78.8 Å². The SMILES string of the molecule is CC(N)CCN(C)c1ncccn1. The van der Waals surface area contributed by atoms with Gasteiger partial charge in [-0.05, 0) is 19.4 Å². The standard InChI is InChI=1S/C9H16N4/c1-8(10)4-7-13(2)9-11-5-3-6-12-9/h3,5-6,8H,4,7,10H2,1-2H3. The molecule has 4 heteroatoms. The van der Waals surface area contributed by atoms with Gasteiger partial charge < -0.3 is 10.6 Å². The van der Waals surface area contributed by atoms with Crippen LogP contribution in [0.25, 0.3) is 0 Å².